The lowest BCUT2D eigenvalue weighted by atomic mass is 10.1. The van der Waals surface area contributed by atoms with Crippen LogP contribution in [0.1, 0.15) is 11.1 Å². The second kappa shape index (κ2) is 5.95. The van der Waals surface area contributed by atoms with Gasteiger partial charge in [0.25, 0.3) is 0 Å². The lowest BCUT2D eigenvalue weighted by Gasteiger charge is -2.29. The van der Waals surface area contributed by atoms with E-state index in [0.29, 0.717) is 0 Å². The van der Waals surface area contributed by atoms with Crippen molar-refractivity contribution in [2.24, 2.45) is 0 Å². The summed E-state index contributed by atoms with van der Waals surface area (Å²) in [5, 5.41) is 12.3. The van der Waals surface area contributed by atoms with Crippen LogP contribution in [0.3, 0.4) is 0 Å². The van der Waals surface area contributed by atoms with E-state index in [1.54, 1.807) is 0 Å². The van der Waals surface area contributed by atoms with Gasteiger partial charge in [0.15, 0.2) is 0 Å². The van der Waals surface area contributed by atoms with E-state index < -0.39 is 0 Å². The molecule has 0 bridgehead atoms. The van der Waals surface area contributed by atoms with Crippen molar-refractivity contribution in [2.45, 2.75) is 6.54 Å². The molecule has 1 aromatic rings. The predicted octanol–water partition coefficient (Wildman–Crippen LogP) is 1.83. The summed E-state index contributed by atoms with van der Waals surface area (Å²) in [4.78, 5) is 2.32. The van der Waals surface area contributed by atoms with Gasteiger partial charge in [0, 0.05) is 31.1 Å². The molecular weight excluding hydrogens is 230 g/mol. The fraction of sp³-hybridized carbons (Fsp3) is 0.462. The van der Waals surface area contributed by atoms with Gasteiger partial charge in [-0.05, 0) is 24.7 Å². The first-order valence-corrected chi connectivity index (χ1v) is 7.01. The summed E-state index contributed by atoms with van der Waals surface area (Å²) in [6.45, 7) is 2.90. The van der Waals surface area contributed by atoms with Crippen LogP contribution < -0.4 is 10.2 Å². The summed E-state index contributed by atoms with van der Waals surface area (Å²) >= 11 is 1.98. The fourth-order valence-corrected chi connectivity index (χ4v) is 2.97. The van der Waals surface area contributed by atoms with Gasteiger partial charge in [-0.25, -0.2) is 0 Å². The summed E-state index contributed by atoms with van der Waals surface area (Å²) in [6, 6.07) is 8.50. The van der Waals surface area contributed by atoms with Crippen molar-refractivity contribution in [3.63, 3.8) is 0 Å². The monoisotopic (exact) mass is 247 g/mol. The third kappa shape index (κ3) is 2.93. The highest BCUT2D eigenvalue weighted by molar-refractivity contribution is 7.99. The topological polar surface area (TPSA) is 39.1 Å². The van der Waals surface area contributed by atoms with E-state index in [-0.39, 0.29) is 0 Å². The van der Waals surface area contributed by atoms with Crippen molar-refractivity contribution in [3.05, 3.63) is 29.3 Å². The number of rotatable bonds is 3. The molecule has 1 fully saturated rings. The largest absolute Gasteiger partial charge is 0.369 e. The molecule has 0 saturated carbocycles. The van der Waals surface area contributed by atoms with E-state index in [4.69, 9.17) is 0 Å². The Kier molecular flexibility index (Phi) is 4.29. The van der Waals surface area contributed by atoms with Gasteiger partial charge in [0.05, 0.1) is 11.3 Å². The Morgan fingerprint density at radius 2 is 2.18 bits per heavy atom. The Labute approximate surface area is 107 Å². The Balaban J connectivity index is 2.24. The molecule has 17 heavy (non-hydrogen) atoms. The summed E-state index contributed by atoms with van der Waals surface area (Å²) < 4.78 is 0. The predicted molar refractivity (Wildman–Crippen MR) is 73.5 cm³/mol. The molecule has 1 saturated heterocycles. The number of nitriles is 1. The molecule has 1 aliphatic heterocycles. The minimum atomic E-state index is 0.796. The molecule has 0 spiro atoms. The first kappa shape index (κ1) is 12.3. The van der Waals surface area contributed by atoms with Crippen molar-refractivity contribution in [1.29, 1.82) is 5.26 Å². The number of nitrogens with zero attached hydrogens (tertiary/aromatic N) is 2. The van der Waals surface area contributed by atoms with Crippen LogP contribution in [-0.4, -0.2) is 31.6 Å². The van der Waals surface area contributed by atoms with Gasteiger partial charge in [0.1, 0.15) is 6.07 Å². The van der Waals surface area contributed by atoms with Crippen LogP contribution in [0.2, 0.25) is 0 Å². The van der Waals surface area contributed by atoms with Gasteiger partial charge in [-0.1, -0.05) is 6.07 Å². The van der Waals surface area contributed by atoms with E-state index in [0.717, 1.165) is 42.4 Å². The SMILES string of the molecule is CNCc1ccc(N2CCSCC2)c(C#N)c1. The van der Waals surface area contributed by atoms with Crippen LogP contribution in [0.5, 0.6) is 0 Å². The van der Waals surface area contributed by atoms with E-state index in [2.05, 4.69) is 28.4 Å². The molecule has 1 heterocycles. The molecule has 1 aliphatic rings. The molecule has 0 atom stereocenters. The molecule has 0 unspecified atom stereocenters. The number of hydrogen-bond donors (Lipinski definition) is 1. The molecule has 1 N–H and O–H groups in total. The normalized spacial score (nSPS) is 15.6. The number of nitrogens with one attached hydrogen (secondary N) is 1. The molecule has 1 aromatic carbocycles. The molecular formula is C13H17N3S. The molecule has 4 heteroatoms. The van der Waals surface area contributed by atoms with Gasteiger partial charge in [-0.15, -0.1) is 0 Å². The van der Waals surface area contributed by atoms with Crippen LogP contribution in [0, 0.1) is 11.3 Å². The third-order valence-corrected chi connectivity index (χ3v) is 3.86. The van der Waals surface area contributed by atoms with Crippen LogP contribution in [-0.2, 0) is 6.54 Å². The van der Waals surface area contributed by atoms with Crippen LogP contribution in [0.15, 0.2) is 18.2 Å². The zero-order chi connectivity index (χ0) is 12.1. The molecule has 0 aliphatic carbocycles. The first-order valence-electron chi connectivity index (χ1n) is 5.85. The third-order valence-electron chi connectivity index (χ3n) is 2.91. The summed E-state index contributed by atoms with van der Waals surface area (Å²) in [6.07, 6.45) is 0. The minimum absolute atomic E-state index is 0.796. The smallest absolute Gasteiger partial charge is 0.101 e. The van der Waals surface area contributed by atoms with E-state index >= 15 is 0 Å². The van der Waals surface area contributed by atoms with Crippen molar-refractivity contribution in [2.75, 3.05) is 36.5 Å². The van der Waals surface area contributed by atoms with Crippen molar-refractivity contribution in [1.82, 2.24) is 5.32 Å². The van der Waals surface area contributed by atoms with Gasteiger partial charge < -0.3 is 10.2 Å². The number of thioether (sulfide) groups is 1. The van der Waals surface area contributed by atoms with Crippen LogP contribution >= 0.6 is 11.8 Å². The highest BCUT2D eigenvalue weighted by Gasteiger charge is 2.14. The Morgan fingerprint density at radius 3 is 2.82 bits per heavy atom. The number of anilines is 1. The minimum Gasteiger partial charge on any atom is -0.369 e. The van der Waals surface area contributed by atoms with E-state index in [1.807, 2.05) is 24.9 Å². The van der Waals surface area contributed by atoms with E-state index in [1.165, 1.54) is 5.56 Å². The fourth-order valence-electron chi connectivity index (χ4n) is 2.07. The van der Waals surface area contributed by atoms with Crippen molar-refractivity contribution in [3.8, 4) is 6.07 Å². The lowest BCUT2D eigenvalue weighted by Crippen LogP contribution is -2.33. The van der Waals surface area contributed by atoms with Gasteiger partial charge in [-0.3, -0.25) is 0 Å². The molecule has 0 amide bonds. The molecule has 3 nitrogen and oxygen atoms in total. The zero-order valence-electron chi connectivity index (χ0n) is 10.1. The second-order valence-electron chi connectivity index (χ2n) is 4.09. The summed E-state index contributed by atoms with van der Waals surface area (Å²) in [5.74, 6) is 2.31. The Morgan fingerprint density at radius 1 is 1.41 bits per heavy atom. The van der Waals surface area contributed by atoms with Gasteiger partial charge in [0.2, 0.25) is 0 Å². The summed E-state index contributed by atoms with van der Waals surface area (Å²) in [5.41, 5.74) is 3.05. The second-order valence-corrected chi connectivity index (χ2v) is 5.32. The highest BCUT2D eigenvalue weighted by Crippen LogP contribution is 2.24. The highest BCUT2D eigenvalue weighted by atomic mass is 32.2. The van der Waals surface area contributed by atoms with Crippen LogP contribution in [0.4, 0.5) is 5.69 Å². The average molecular weight is 247 g/mol. The molecule has 90 valence electrons. The maximum Gasteiger partial charge on any atom is 0.101 e. The van der Waals surface area contributed by atoms with Crippen LogP contribution in [0.25, 0.3) is 0 Å². The van der Waals surface area contributed by atoms with E-state index in [9.17, 15) is 5.26 Å². The zero-order valence-corrected chi connectivity index (χ0v) is 10.9. The number of benzene rings is 1. The lowest BCUT2D eigenvalue weighted by molar-refractivity contribution is 0.814. The molecule has 0 aromatic heterocycles. The molecule has 0 radical (unpaired) electrons. The Bertz CT molecular complexity index is 419. The van der Waals surface area contributed by atoms with Crippen molar-refractivity contribution < 1.29 is 0 Å². The number of hydrogen-bond acceptors (Lipinski definition) is 4. The standard InChI is InChI=1S/C13H17N3S/c1-15-10-11-2-3-13(12(8-11)9-14)16-4-6-17-7-5-16/h2-3,8,15H,4-7,10H2,1H3. The summed E-state index contributed by atoms with van der Waals surface area (Å²) in [7, 11) is 1.92. The first-order chi connectivity index (χ1) is 8.35. The maximum atomic E-state index is 9.24. The average Bonchev–Trinajstić information content (AvgIpc) is 2.40. The maximum absolute atomic E-state index is 9.24. The van der Waals surface area contributed by atoms with Gasteiger partial charge >= 0.3 is 0 Å². The van der Waals surface area contributed by atoms with Crippen molar-refractivity contribution >= 4 is 17.4 Å². The molecule has 2 rings (SSSR count). The Hall–Kier alpha value is -1.18. The van der Waals surface area contributed by atoms with Gasteiger partial charge in [-0.2, -0.15) is 17.0 Å². The quantitative estimate of drug-likeness (QED) is 0.884.